The Hall–Kier alpha value is -2.05. The number of pyridine rings is 1. The summed E-state index contributed by atoms with van der Waals surface area (Å²) in [5.41, 5.74) is -0.482. The topological polar surface area (TPSA) is 46.9 Å². The van der Waals surface area contributed by atoms with Crippen LogP contribution < -0.4 is 5.32 Å². The number of halogens is 3. The van der Waals surface area contributed by atoms with E-state index in [2.05, 4.69) is 10.3 Å². The molecule has 1 atom stereocenters. The van der Waals surface area contributed by atoms with Crippen molar-refractivity contribution in [2.45, 2.75) is 45.5 Å². The molecule has 7 heteroatoms. The maximum Gasteiger partial charge on any atom is 0.431 e. The van der Waals surface area contributed by atoms with Gasteiger partial charge in [-0.15, -0.1) is 0 Å². The number of rotatable bonds is 5. The second-order valence-electron chi connectivity index (χ2n) is 5.27. The molecule has 0 aliphatic rings. The average molecular weight is 313 g/mol. The first-order valence-corrected chi connectivity index (χ1v) is 7.13. The van der Waals surface area contributed by atoms with Gasteiger partial charge in [-0.1, -0.05) is 6.92 Å². The molecule has 0 aliphatic carbocycles. The fourth-order valence-corrected chi connectivity index (χ4v) is 2.40. The lowest BCUT2D eigenvalue weighted by molar-refractivity contribution is -0.143. The van der Waals surface area contributed by atoms with E-state index in [9.17, 15) is 18.0 Å². The summed E-state index contributed by atoms with van der Waals surface area (Å²) in [6.45, 7) is 3.57. The molecule has 4 nitrogen and oxygen atoms in total. The zero-order valence-corrected chi connectivity index (χ0v) is 12.4. The zero-order valence-electron chi connectivity index (χ0n) is 12.4. The molecule has 0 unspecified atom stereocenters. The van der Waals surface area contributed by atoms with Gasteiger partial charge in [-0.3, -0.25) is 4.79 Å². The third-order valence-electron chi connectivity index (χ3n) is 3.29. The Kier molecular flexibility index (Phi) is 4.73. The van der Waals surface area contributed by atoms with Crippen molar-refractivity contribution in [1.29, 1.82) is 0 Å². The van der Waals surface area contributed by atoms with Gasteiger partial charge in [0.05, 0.1) is 0 Å². The lowest BCUT2D eigenvalue weighted by atomic mass is 10.2. The second kappa shape index (κ2) is 6.37. The first-order valence-electron chi connectivity index (χ1n) is 7.13. The van der Waals surface area contributed by atoms with Crippen molar-refractivity contribution in [3.63, 3.8) is 0 Å². The maximum absolute atomic E-state index is 13.2. The highest BCUT2D eigenvalue weighted by atomic mass is 19.4. The normalized spacial score (nSPS) is 13.3. The number of aromatic nitrogens is 2. The highest BCUT2D eigenvalue weighted by Crippen LogP contribution is 2.33. The first kappa shape index (κ1) is 16.3. The molecule has 0 radical (unpaired) electrons. The van der Waals surface area contributed by atoms with Crippen LogP contribution in [0, 0.1) is 0 Å². The minimum Gasteiger partial charge on any atom is -0.352 e. The molecule has 0 aromatic carbocycles. The summed E-state index contributed by atoms with van der Waals surface area (Å²) in [4.78, 5) is 15.6. The fourth-order valence-electron chi connectivity index (χ4n) is 2.40. The van der Waals surface area contributed by atoms with Crippen molar-refractivity contribution in [3.8, 4) is 0 Å². The van der Waals surface area contributed by atoms with Crippen LogP contribution in [0.1, 0.15) is 32.4 Å². The summed E-state index contributed by atoms with van der Waals surface area (Å²) in [7, 11) is 0. The van der Waals surface area contributed by atoms with Gasteiger partial charge in [0.1, 0.15) is 11.3 Å². The van der Waals surface area contributed by atoms with Crippen molar-refractivity contribution in [2.75, 3.05) is 0 Å². The van der Waals surface area contributed by atoms with E-state index in [1.165, 1.54) is 6.20 Å². The molecule has 0 saturated carbocycles. The van der Waals surface area contributed by atoms with Crippen molar-refractivity contribution in [3.05, 3.63) is 30.1 Å². The van der Waals surface area contributed by atoms with Gasteiger partial charge in [-0.25, -0.2) is 4.98 Å². The van der Waals surface area contributed by atoms with E-state index in [0.717, 1.165) is 10.6 Å². The maximum atomic E-state index is 13.2. The standard InChI is InChI=1S/C15H18F3N3O/c1-3-5-13(22)20-10(2)9-21-12(15(16,17)18)8-11-6-4-7-19-14(11)21/h4,6-8,10H,3,5,9H2,1-2H3,(H,20,22)/t10-/m0/s1. The van der Waals surface area contributed by atoms with Gasteiger partial charge in [-0.2, -0.15) is 13.2 Å². The van der Waals surface area contributed by atoms with Gasteiger partial charge in [0.15, 0.2) is 0 Å². The van der Waals surface area contributed by atoms with Gasteiger partial charge in [0.2, 0.25) is 5.91 Å². The van der Waals surface area contributed by atoms with Crippen LogP contribution in [0.15, 0.2) is 24.4 Å². The Morgan fingerprint density at radius 2 is 2.18 bits per heavy atom. The van der Waals surface area contributed by atoms with E-state index in [4.69, 9.17) is 0 Å². The van der Waals surface area contributed by atoms with Crippen molar-refractivity contribution in [1.82, 2.24) is 14.9 Å². The molecule has 0 bridgehead atoms. The zero-order chi connectivity index (χ0) is 16.3. The van der Waals surface area contributed by atoms with Crippen LogP contribution in [0.3, 0.4) is 0 Å². The molecule has 0 saturated heterocycles. The average Bonchev–Trinajstić information content (AvgIpc) is 2.78. The number of alkyl halides is 3. The molecule has 1 N–H and O–H groups in total. The number of nitrogens with zero attached hydrogens (tertiary/aromatic N) is 2. The molecule has 2 aromatic heterocycles. The van der Waals surface area contributed by atoms with E-state index in [-0.39, 0.29) is 18.1 Å². The van der Waals surface area contributed by atoms with E-state index in [0.29, 0.717) is 18.2 Å². The molecular weight excluding hydrogens is 295 g/mol. The molecule has 2 heterocycles. The number of hydrogen-bond donors (Lipinski definition) is 1. The van der Waals surface area contributed by atoms with Crippen LogP contribution in [0.2, 0.25) is 0 Å². The number of hydrogen-bond acceptors (Lipinski definition) is 2. The molecular formula is C15H18F3N3O. The first-order chi connectivity index (χ1) is 10.3. The lowest BCUT2D eigenvalue weighted by Crippen LogP contribution is -2.36. The van der Waals surface area contributed by atoms with Crippen LogP contribution in [-0.2, 0) is 17.5 Å². The highest BCUT2D eigenvalue weighted by Gasteiger charge is 2.36. The highest BCUT2D eigenvalue weighted by molar-refractivity contribution is 5.78. The molecule has 0 spiro atoms. The van der Waals surface area contributed by atoms with Gasteiger partial charge in [0.25, 0.3) is 0 Å². The predicted molar refractivity (Wildman–Crippen MR) is 77.2 cm³/mol. The summed E-state index contributed by atoms with van der Waals surface area (Å²) < 4.78 is 40.7. The summed E-state index contributed by atoms with van der Waals surface area (Å²) in [5.74, 6) is -0.159. The summed E-state index contributed by atoms with van der Waals surface area (Å²) in [5, 5.41) is 3.14. The van der Waals surface area contributed by atoms with Gasteiger partial charge < -0.3 is 9.88 Å². The predicted octanol–water partition coefficient (Wildman–Crippen LogP) is 3.36. The van der Waals surface area contributed by atoms with E-state index in [1.54, 1.807) is 19.1 Å². The van der Waals surface area contributed by atoms with Crippen molar-refractivity contribution in [2.24, 2.45) is 0 Å². The molecule has 2 aromatic rings. The van der Waals surface area contributed by atoms with E-state index in [1.807, 2.05) is 6.92 Å². The summed E-state index contributed by atoms with van der Waals surface area (Å²) >= 11 is 0. The Morgan fingerprint density at radius 1 is 1.45 bits per heavy atom. The summed E-state index contributed by atoms with van der Waals surface area (Å²) in [6.07, 6.45) is -1.95. The monoisotopic (exact) mass is 313 g/mol. The lowest BCUT2D eigenvalue weighted by Gasteiger charge is -2.18. The Labute approximate surface area is 126 Å². The molecule has 2 rings (SSSR count). The van der Waals surface area contributed by atoms with Gasteiger partial charge in [0, 0.05) is 30.6 Å². The van der Waals surface area contributed by atoms with Crippen LogP contribution in [0.4, 0.5) is 13.2 Å². The third-order valence-corrected chi connectivity index (χ3v) is 3.29. The van der Waals surface area contributed by atoms with Gasteiger partial charge in [-0.05, 0) is 31.5 Å². The minimum absolute atomic E-state index is 0.0187. The van der Waals surface area contributed by atoms with Crippen molar-refractivity contribution >= 4 is 16.9 Å². The SMILES string of the molecule is CCCC(=O)N[C@@H](C)Cn1c(C(F)(F)F)cc2cccnc21. The van der Waals surface area contributed by atoms with Crippen LogP contribution >= 0.6 is 0 Å². The number of nitrogens with one attached hydrogen (secondary N) is 1. The van der Waals surface area contributed by atoms with Crippen LogP contribution in [0.25, 0.3) is 11.0 Å². The molecule has 0 aliphatic heterocycles. The summed E-state index contributed by atoms with van der Waals surface area (Å²) in [6, 6.07) is 3.86. The van der Waals surface area contributed by atoms with Gasteiger partial charge >= 0.3 is 6.18 Å². The Bertz CT molecular complexity index is 664. The Balaban J connectivity index is 2.31. The van der Waals surface area contributed by atoms with E-state index < -0.39 is 17.9 Å². The van der Waals surface area contributed by atoms with Crippen molar-refractivity contribution < 1.29 is 18.0 Å². The van der Waals surface area contributed by atoms with Crippen LogP contribution in [-0.4, -0.2) is 21.5 Å². The minimum atomic E-state index is -4.46. The largest absolute Gasteiger partial charge is 0.431 e. The molecule has 0 fully saturated rings. The number of carbonyl (C=O) groups excluding carboxylic acids is 1. The van der Waals surface area contributed by atoms with E-state index >= 15 is 0 Å². The van der Waals surface area contributed by atoms with Crippen LogP contribution in [0.5, 0.6) is 0 Å². The third kappa shape index (κ3) is 3.58. The number of fused-ring (bicyclic) bond motifs is 1. The fraction of sp³-hybridized carbons (Fsp3) is 0.467. The quantitative estimate of drug-likeness (QED) is 0.920. The molecule has 22 heavy (non-hydrogen) atoms. The molecule has 1 amide bonds. The smallest absolute Gasteiger partial charge is 0.352 e. The number of amides is 1. The molecule has 120 valence electrons. The Morgan fingerprint density at radius 3 is 2.82 bits per heavy atom. The number of carbonyl (C=O) groups is 1. The second-order valence-corrected chi connectivity index (χ2v) is 5.27.